The minimum atomic E-state index is 0.325. The molecule has 1 spiro atoms. The van der Waals surface area contributed by atoms with Crippen LogP contribution in [0.15, 0.2) is 30.3 Å². The van der Waals surface area contributed by atoms with E-state index in [2.05, 4.69) is 61.3 Å². The van der Waals surface area contributed by atoms with Gasteiger partial charge in [0.25, 0.3) is 0 Å². The fourth-order valence-electron chi connectivity index (χ4n) is 4.22. The van der Waals surface area contributed by atoms with Crippen LogP contribution in [0.2, 0.25) is 0 Å². The molecule has 2 aliphatic rings. The largest absolute Gasteiger partial charge is 0.310 e. The molecule has 1 atom stereocenters. The van der Waals surface area contributed by atoms with Gasteiger partial charge in [0.1, 0.15) is 0 Å². The Morgan fingerprint density at radius 3 is 2.41 bits per heavy atom. The maximum atomic E-state index is 3.89. The molecule has 0 bridgehead atoms. The molecule has 1 saturated carbocycles. The van der Waals surface area contributed by atoms with Crippen LogP contribution in [0.25, 0.3) is 0 Å². The van der Waals surface area contributed by atoms with E-state index in [1.165, 1.54) is 50.8 Å². The molecular formula is C20H32N2. The van der Waals surface area contributed by atoms with Gasteiger partial charge in [0.2, 0.25) is 0 Å². The lowest BCUT2D eigenvalue weighted by Gasteiger charge is -2.54. The van der Waals surface area contributed by atoms with Crippen LogP contribution in [-0.2, 0) is 6.54 Å². The summed E-state index contributed by atoms with van der Waals surface area (Å²) in [6.45, 7) is 10.5. The highest BCUT2D eigenvalue weighted by Crippen LogP contribution is 2.38. The summed E-state index contributed by atoms with van der Waals surface area (Å²) in [5, 5.41) is 3.89. The molecule has 1 N–H and O–H groups in total. The van der Waals surface area contributed by atoms with Crippen LogP contribution < -0.4 is 5.32 Å². The van der Waals surface area contributed by atoms with Crippen molar-refractivity contribution in [1.82, 2.24) is 10.2 Å². The summed E-state index contributed by atoms with van der Waals surface area (Å²) in [5.74, 6) is 0. The first-order chi connectivity index (χ1) is 10.5. The molecule has 1 heterocycles. The first kappa shape index (κ1) is 16.0. The molecule has 0 aromatic heterocycles. The maximum absolute atomic E-state index is 3.89. The predicted molar refractivity (Wildman–Crippen MR) is 93.9 cm³/mol. The van der Waals surface area contributed by atoms with Gasteiger partial charge in [-0.15, -0.1) is 0 Å². The quantitative estimate of drug-likeness (QED) is 0.880. The van der Waals surface area contributed by atoms with Gasteiger partial charge in [-0.3, -0.25) is 4.90 Å². The zero-order valence-electron chi connectivity index (χ0n) is 14.6. The number of piperazine rings is 1. The highest BCUT2D eigenvalue weighted by molar-refractivity contribution is 5.16. The Morgan fingerprint density at radius 2 is 1.77 bits per heavy atom. The van der Waals surface area contributed by atoms with Crippen molar-refractivity contribution in [1.29, 1.82) is 0 Å². The zero-order chi connectivity index (χ0) is 15.6. The lowest BCUT2D eigenvalue weighted by molar-refractivity contribution is -0.0160. The Bertz CT molecular complexity index is 468. The average molecular weight is 300 g/mol. The van der Waals surface area contributed by atoms with Crippen LogP contribution in [0.5, 0.6) is 0 Å². The SMILES string of the molecule is CC(C)(C)C1CN(Cc2ccccc2)C2(CCCCC2)CN1. The third kappa shape index (κ3) is 3.38. The first-order valence-corrected chi connectivity index (χ1v) is 9.02. The van der Waals surface area contributed by atoms with E-state index in [1.807, 2.05) is 0 Å². The second kappa shape index (κ2) is 6.33. The number of hydrogen-bond acceptors (Lipinski definition) is 2. The van der Waals surface area contributed by atoms with Crippen LogP contribution in [0, 0.1) is 5.41 Å². The van der Waals surface area contributed by atoms with Crippen LogP contribution in [-0.4, -0.2) is 29.6 Å². The molecule has 1 saturated heterocycles. The van der Waals surface area contributed by atoms with Crippen LogP contribution in [0.1, 0.15) is 58.4 Å². The molecule has 22 heavy (non-hydrogen) atoms. The summed E-state index contributed by atoms with van der Waals surface area (Å²) in [6, 6.07) is 11.6. The molecular weight excluding hydrogens is 268 g/mol. The van der Waals surface area contributed by atoms with E-state index in [-0.39, 0.29) is 0 Å². The number of nitrogens with one attached hydrogen (secondary N) is 1. The van der Waals surface area contributed by atoms with Gasteiger partial charge in [0, 0.05) is 31.2 Å². The van der Waals surface area contributed by atoms with Gasteiger partial charge < -0.3 is 5.32 Å². The standard InChI is InChI=1S/C20H32N2/c1-19(2,3)18-15-22(14-17-10-6-4-7-11-17)20(16-21-18)12-8-5-9-13-20/h4,6-7,10-11,18,21H,5,8-9,12-16H2,1-3H3. The predicted octanol–water partition coefficient (Wildman–Crippen LogP) is 4.21. The summed E-state index contributed by atoms with van der Waals surface area (Å²) >= 11 is 0. The number of rotatable bonds is 2. The minimum Gasteiger partial charge on any atom is -0.310 e. The fourth-order valence-corrected chi connectivity index (χ4v) is 4.22. The summed E-state index contributed by atoms with van der Waals surface area (Å²) in [4.78, 5) is 2.81. The van der Waals surface area contributed by atoms with Crippen molar-refractivity contribution in [3.63, 3.8) is 0 Å². The Hall–Kier alpha value is -0.860. The van der Waals surface area contributed by atoms with Gasteiger partial charge in [0.05, 0.1) is 0 Å². The van der Waals surface area contributed by atoms with E-state index in [4.69, 9.17) is 0 Å². The molecule has 0 radical (unpaired) electrons. The van der Waals surface area contributed by atoms with Crippen molar-refractivity contribution in [3.05, 3.63) is 35.9 Å². The lowest BCUT2D eigenvalue weighted by atomic mass is 9.75. The van der Waals surface area contributed by atoms with Crippen molar-refractivity contribution >= 4 is 0 Å². The molecule has 1 unspecified atom stereocenters. The molecule has 2 heteroatoms. The van der Waals surface area contributed by atoms with E-state index in [9.17, 15) is 0 Å². The average Bonchev–Trinajstić information content (AvgIpc) is 2.50. The first-order valence-electron chi connectivity index (χ1n) is 9.02. The highest BCUT2D eigenvalue weighted by atomic mass is 15.3. The van der Waals surface area contributed by atoms with Crippen molar-refractivity contribution < 1.29 is 0 Å². The zero-order valence-corrected chi connectivity index (χ0v) is 14.6. The summed E-state index contributed by atoms with van der Waals surface area (Å²) in [7, 11) is 0. The smallest absolute Gasteiger partial charge is 0.0338 e. The Morgan fingerprint density at radius 1 is 1.09 bits per heavy atom. The lowest BCUT2D eigenvalue weighted by Crippen LogP contribution is -2.67. The molecule has 0 amide bonds. The third-order valence-electron chi connectivity index (χ3n) is 5.80. The van der Waals surface area contributed by atoms with E-state index in [0.717, 1.165) is 6.54 Å². The summed E-state index contributed by atoms with van der Waals surface area (Å²) < 4.78 is 0. The van der Waals surface area contributed by atoms with Crippen LogP contribution in [0.3, 0.4) is 0 Å². The molecule has 122 valence electrons. The van der Waals surface area contributed by atoms with Gasteiger partial charge in [-0.2, -0.15) is 0 Å². The van der Waals surface area contributed by atoms with Gasteiger partial charge >= 0.3 is 0 Å². The monoisotopic (exact) mass is 300 g/mol. The van der Waals surface area contributed by atoms with Gasteiger partial charge in [-0.05, 0) is 23.8 Å². The number of nitrogens with zero attached hydrogens (tertiary/aromatic N) is 1. The molecule has 2 nitrogen and oxygen atoms in total. The van der Waals surface area contributed by atoms with Gasteiger partial charge in [-0.25, -0.2) is 0 Å². The van der Waals surface area contributed by atoms with Crippen molar-refractivity contribution in [2.24, 2.45) is 5.41 Å². The summed E-state index contributed by atoms with van der Waals surface area (Å²) in [5.41, 5.74) is 2.18. The molecule has 2 fully saturated rings. The van der Waals surface area contributed by atoms with Crippen LogP contribution >= 0.6 is 0 Å². The van der Waals surface area contributed by atoms with E-state index in [0.29, 0.717) is 17.0 Å². The van der Waals surface area contributed by atoms with Gasteiger partial charge in [-0.1, -0.05) is 70.4 Å². The topological polar surface area (TPSA) is 15.3 Å². The highest BCUT2D eigenvalue weighted by Gasteiger charge is 2.44. The minimum absolute atomic E-state index is 0.325. The van der Waals surface area contributed by atoms with Crippen LogP contribution in [0.4, 0.5) is 0 Å². The van der Waals surface area contributed by atoms with E-state index < -0.39 is 0 Å². The van der Waals surface area contributed by atoms with E-state index in [1.54, 1.807) is 0 Å². The molecule has 1 aromatic rings. The van der Waals surface area contributed by atoms with Gasteiger partial charge in [0.15, 0.2) is 0 Å². The second-order valence-corrected chi connectivity index (χ2v) is 8.45. The molecule has 3 rings (SSSR count). The molecule has 1 aliphatic heterocycles. The third-order valence-corrected chi connectivity index (χ3v) is 5.80. The van der Waals surface area contributed by atoms with Crippen molar-refractivity contribution in [3.8, 4) is 0 Å². The second-order valence-electron chi connectivity index (χ2n) is 8.45. The fraction of sp³-hybridized carbons (Fsp3) is 0.700. The molecule has 1 aliphatic carbocycles. The van der Waals surface area contributed by atoms with Crippen molar-refractivity contribution in [2.75, 3.05) is 13.1 Å². The molecule has 1 aromatic carbocycles. The number of hydrogen-bond donors (Lipinski definition) is 1. The summed E-state index contributed by atoms with van der Waals surface area (Å²) in [6.07, 6.45) is 6.94. The maximum Gasteiger partial charge on any atom is 0.0338 e. The van der Waals surface area contributed by atoms with E-state index >= 15 is 0 Å². The Labute approximate surface area is 136 Å². The normalized spacial score (nSPS) is 26.2. The number of benzene rings is 1. The van der Waals surface area contributed by atoms with Crippen molar-refractivity contribution in [2.45, 2.75) is 71.0 Å². The Kier molecular flexibility index (Phi) is 4.61. The Balaban J connectivity index is 1.81.